The molecule has 0 nitrogen and oxygen atoms in total. The first kappa shape index (κ1) is 29.7. The van der Waals surface area contributed by atoms with Crippen molar-refractivity contribution in [3.63, 3.8) is 0 Å². The molecule has 1 unspecified atom stereocenters. The van der Waals surface area contributed by atoms with Crippen molar-refractivity contribution in [2.75, 3.05) is 0 Å². The van der Waals surface area contributed by atoms with Crippen molar-refractivity contribution >= 4 is 0 Å². The zero-order valence-corrected chi connectivity index (χ0v) is 26.2. The van der Waals surface area contributed by atoms with Crippen molar-refractivity contribution in [3.05, 3.63) is 69.3 Å². The van der Waals surface area contributed by atoms with Gasteiger partial charge in [0, 0.05) is 0 Å². The van der Waals surface area contributed by atoms with Crippen LogP contribution in [0.25, 0.3) is 0 Å². The maximum Gasteiger partial charge on any atom is -0.0126 e. The van der Waals surface area contributed by atoms with Crippen LogP contribution in [0.2, 0.25) is 0 Å². The van der Waals surface area contributed by atoms with E-state index >= 15 is 0 Å². The Morgan fingerprint density at radius 1 is 0.514 bits per heavy atom. The van der Waals surface area contributed by atoms with Crippen LogP contribution in [-0.2, 0) is 33.5 Å². The summed E-state index contributed by atoms with van der Waals surface area (Å²) in [5.74, 6) is 0.434. The molecular formula is C35H56. The number of hydrogen-bond donors (Lipinski definition) is 0. The van der Waals surface area contributed by atoms with E-state index in [4.69, 9.17) is 0 Å². The number of benzene rings is 2. The van der Waals surface area contributed by atoms with E-state index in [0.717, 1.165) is 6.42 Å². The molecule has 1 atom stereocenters. The Kier molecular flexibility index (Phi) is 7.96. The molecule has 0 radical (unpaired) electrons. The SMILES string of the molecule is CC(Cc1ccccc1C(C)(C)C)c1cc(C(C)(C)C)c(C(C)(C)C)c(C(C)(C)C)c1C(C)(C)C. The first-order valence-corrected chi connectivity index (χ1v) is 13.8. The molecule has 0 N–H and O–H groups in total. The van der Waals surface area contributed by atoms with E-state index in [2.05, 4.69) is 141 Å². The highest BCUT2D eigenvalue weighted by atomic mass is 14.4. The van der Waals surface area contributed by atoms with Crippen LogP contribution in [0.3, 0.4) is 0 Å². The molecule has 0 aliphatic carbocycles. The second-order valence-corrected chi connectivity index (χ2v) is 16.2. The van der Waals surface area contributed by atoms with Gasteiger partial charge in [-0.15, -0.1) is 0 Å². The first-order valence-electron chi connectivity index (χ1n) is 13.8. The van der Waals surface area contributed by atoms with E-state index in [1.54, 1.807) is 22.3 Å². The van der Waals surface area contributed by atoms with Crippen LogP contribution in [0.15, 0.2) is 30.3 Å². The molecule has 0 aliphatic heterocycles. The molecule has 0 heteroatoms. The molecule has 2 rings (SSSR count). The van der Waals surface area contributed by atoms with Crippen molar-refractivity contribution in [1.82, 2.24) is 0 Å². The normalized spacial score (nSPS) is 14.9. The highest BCUT2D eigenvalue weighted by molar-refractivity contribution is 5.57. The molecule has 0 spiro atoms. The molecule has 0 saturated heterocycles. The summed E-state index contributed by atoms with van der Waals surface area (Å²) in [6, 6.07) is 11.7. The second kappa shape index (κ2) is 9.39. The van der Waals surface area contributed by atoms with E-state index in [1.165, 1.54) is 16.7 Å². The van der Waals surface area contributed by atoms with E-state index < -0.39 is 0 Å². The summed E-state index contributed by atoms with van der Waals surface area (Å²) >= 11 is 0. The zero-order valence-electron chi connectivity index (χ0n) is 26.2. The van der Waals surface area contributed by atoms with Crippen molar-refractivity contribution in [2.45, 2.75) is 150 Å². The van der Waals surface area contributed by atoms with Crippen LogP contribution < -0.4 is 0 Å². The third-order valence-electron chi connectivity index (χ3n) is 7.30. The highest BCUT2D eigenvalue weighted by Crippen LogP contribution is 2.48. The van der Waals surface area contributed by atoms with Gasteiger partial charge in [-0.2, -0.15) is 0 Å². The lowest BCUT2D eigenvalue weighted by Crippen LogP contribution is -2.33. The quantitative estimate of drug-likeness (QED) is 0.413. The highest BCUT2D eigenvalue weighted by Gasteiger charge is 2.38. The van der Waals surface area contributed by atoms with E-state index in [0.29, 0.717) is 5.92 Å². The summed E-state index contributed by atoms with van der Waals surface area (Å²) in [7, 11) is 0. The molecule has 0 bridgehead atoms. The van der Waals surface area contributed by atoms with Crippen LogP contribution >= 0.6 is 0 Å². The van der Waals surface area contributed by atoms with Gasteiger partial charge in [0.25, 0.3) is 0 Å². The average molecular weight is 477 g/mol. The molecule has 0 aliphatic rings. The molecule has 2 aromatic carbocycles. The van der Waals surface area contributed by atoms with Gasteiger partial charge in [-0.1, -0.05) is 141 Å². The molecule has 0 heterocycles. The zero-order chi connectivity index (χ0) is 27.4. The van der Waals surface area contributed by atoms with Gasteiger partial charge in [0.2, 0.25) is 0 Å². The molecular weight excluding hydrogens is 420 g/mol. The smallest absolute Gasteiger partial charge is 0.0126 e. The lowest BCUT2D eigenvalue weighted by atomic mass is 9.62. The minimum Gasteiger partial charge on any atom is -0.0620 e. The molecule has 2 aromatic rings. The summed E-state index contributed by atoms with van der Waals surface area (Å²) in [5.41, 5.74) is 11.2. The van der Waals surface area contributed by atoms with Crippen molar-refractivity contribution in [3.8, 4) is 0 Å². The van der Waals surface area contributed by atoms with E-state index in [-0.39, 0.29) is 27.1 Å². The van der Waals surface area contributed by atoms with Gasteiger partial charge in [0.15, 0.2) is 0 Å². The molecule has 35 heavy (non-hydrogen) atoms. The Morgan fingerprint density at radius 3 is 1.34 bits per heavy atom. The first-order chi connectivity index (χ1) is 15.5. The Morgan fingerprint density at radius 2 is 0.943 bits per heavy atom. The largest absolute Gasteiger partial charge is 0.0620 e. The summed E-state index contributed by atoms with van der Waals surface area (Å²) in [6.07, 6.45) is 1.07. The minimum atomic E-state index is 0.0598. The van der Waals surface area contributed by atoms with Crippen LogP contribution in [0.5, 0.6) is 0 Å². The van der Waals surface area contributed by atoms with E-state index in [1.807, 2.05) is 0 Å². The standard InChI is InChI=1S/C35H56/c1-23(21-24-19-17-18-20-26(24)31(2,3)4)25-22-27(32(5,6)7)29(34(11,12)13)30(35(14,15)16)28(25)33(8,9)10/h17-20,22-23H,21H2,1-16H3. The third-order valence-corrected chi connectivity index (χ3v) is 7.30. The van der Waals surface area contributed by atoms with Gasteiger partial charge < -0.3 is 0 Å². The van der Waals surface area contributed by atoms with Gasteiger partial charge in [-0.25, -0.2) is 0 Å². The molecule has 0 aromatic heterocycles. The lowest BCUT2D eigenvalue weighted by Gasteiger charge is -2.43. The topological polar surface area (TPSA) is 0 Å². The maximum absolute atomic E-state index is 2.61. The predicted molar refractivity (Wildman–Crippen MR) is 159 cm³/mol. The number of hydrogen-bond acceptors (Lipinski definition) is 0. The van der Waals surface area contributed by atoms with Gasteiger partial charge in [0.1, 0.15) is 0 Å². The fourth-order valence-electron chi connectivity index (χ4n) is 5.89. The Hall–Kier alpha value is -1.56. The molecule has 196 valence electrons. The van der Waals surface area contributed by atoms with Crippen LogP contribution in [0.1, 0.15) is 156 Å². The van der Waals surface area contributed by atoms with E-state index in [9.17, 15) is 0 Å². The van der Waals surface area contributed by atoms with Crippen LogP contribution in [0, 0.1) is 0 Å². The van der Waals surface area contributed by atoms with Crippen LogP contribution in [0.4, 0.5) is 0 Å². The van der Waals surface area contributed by atoms with Crippen molar-refractivity contribution in [1.29, 1.82) is 0 Å². The fourth-order valence-corrected chi connectivity index (χ4v) is 5.89. The minimum absolute atomic E-state index is 0.0598. The van der Waals surface area contributed by atoms with Gasteiger partial charge in [-0.05, 0) is 78.4 Å². The third kappa shape index (κ3) is 6.61. The van der Waals surface area contributed by atoms with Gasteiger partial charge in [0.05, 0.1) is 0 Å². The number of rotatable bonds is 3. The molecule has 0 amide bonds. The Balaban J connectivity index is 2.99. The molecule has 0 saturated carbocycles. The average Bonchev–Trinajstić information content (AvgIpc) is 2.62. The monoisotopic (exact) mass is 476 g/mol. The Labute approximate surface area is 219 Å². The summed E-state index contributed by atoms with van der Waals surface area (Å²) < 4.78 is 0. The summed E-state index contributed by atoms with van der Waals surface area (Å²) in [6.45, 7) is 38.4. The maximum atomic E-state index is 2.61. The van der Waals surface area contributed by atoms with Crippen molar-refractivity contribution < 1.29 is 0 Å². The fraction of sp³-hybridized carbons (Fsp3) is 0.657. The Bertz CT molecular complexity index is 1030. The van der Waals surface area contributed by atoms with Gasteiger partial charge in [-0.3, -0.25) is 0 Å². The lowest BCUT2D eigenvalue weighted by molar-refractivity contribution is 0.470. The molecule has 0 fully saturated rings. The van der Waals surface area contributed by atoms with Crippen LogP contribution in [-0.4, -0.2) is 0 Å². The predicted octanol–water partition coefficient (Wildman–Crippen LogP) is 10.5. The second-order valence-electron chi connectivity index (χ2n) is 16.2. The summed E-state index contributed by atoms with van der Waals surface area (Å²) in [5, 5.41) is 0. The summed E-state index contributed by atoms with van der Waals surface area (Å²) in [4.78, 5) is 0. The van der Waals surface area contributed by atoms with Gasteiger partial charge >= 0.3 is 0 Å². The van der Waals surface area contributed by atoms with Crippen molar-refractivity contribution in [2.24, 2.45) is 0 Å².